The molecule has 26 heavy (non-hydrogen) atoms. The van der Waals surface area contributed by atoms with Gasteiger partial charge in [-0.1, -0.05) is 48.2 Å². The number of nitrogens with one attached hydrogen (secondary N) is 1. The number of aromatic nitrogens is 3. The van der Waals surface area contributed by atoms with Gasteiger partial charge in [-0.2, -0.15) is 0 Å². The maximum absolute atomic E-state index is 12.8. The lowest BCUT2D eigenvalue weighted by Gasteiger charge is -2.06. The van der Waals surface area contributed by atoms with Gasteiger partial charge in [-0.3, -0.25) is 4.79 Å². The topological polar surface area (TPSA) is 71.8 Å². The molecule has 0 saturated carbocycles. The summed E-state index contributed by atoms with van der Waals surface area (Å²) in [6.45, 7) is 3.85. The van der Waals surface area contributed by atoms with Crippen molar-refractivity contribution in [1.82, 2.24) is 15.2 Å². The van der Waals surface area contributed by atoms with Crippen molar-refractivity contribution in [3.05, 3.63) is 65.9 Å². The Morgan fingerprint density at radius 2 is 1.88 bits per heavy atom. The van der Waals surface area contributed by atoms with Gasteiger partial charge >= 0.3 is 0 Å². The average Bonchev–Trinajstić information content (AvgIpc) is 3.28. The molecule has 2 aromatic heterocycles. The number of Topliss-reactive ketones (excluding diaryl/α,β-unsaturated/α-hetero) is 1. The van der Waals surface area contributed by atoms with Gasteiger partial charge in [0.15, 0.2) is 5.78 Å². The SMILES string of the molecule is Cc1ccccc1-c1nnc(S[C@@H](C)C(=O)c2c[nH]c3ccccc23)o1. The van der Waals surface area contributed by atoms with Crippen LogP contribution in [-0.2, 0) is 0 Å². The van der Waals surface area contributed by atoms with Crippen LogP contribution in [0, 0.1) is 6.92 Å². The Morgan fingerprint density at radius 3 is 2.73 bits per heavy atom. The van der Waals surface area contributed by atoms with Crippen molar-refractivity contribution in [3.8, 4) is 11.5 Å². The Kier molecular flexibility index (Phi) is 4.34. The van der Waals surface area contributed by atoms with Crippen molar-refractivity contribution in [2.45, 2.75) is 24.3 Å². The Balaban J connectivity index is 1.54. The van der Waals surface area contributed by atoms with Gasteiger partial charge < -0.3 is 9.40 Å². The second kappa shape index (κ2) is 6.80. The first-order chi connectivity index (χ1) is 12.6. The Labute approximate surface area is 154 Å². The highest BCUT2D eigenvalue weighted by atomic mass is 32.2. The van der Waals surface area contributed by atoms with Crippen molar-refractivity contribution < 1.29 is 9.21 Å². The largest absolute Gasteiger partial charge is 0.411 e. The molecule has 0 saturated heterocycles. The predicted molar refractivity (Wildman–Crippen MR) is 102 cm³/mol. The Morgan fingerprint density at radius 1 is 1.12 bits per heavy atom. The van der Waals surface area contributed by atoms with E-state index >= 15 is 0 Å². The van der Waals surface area contributed by atoms with E-state index in [1.165, 1.54) is 11.8 Å². The fourth-order valence-corrected chi connectivity index (χ4v) is 3.63. The number of rotatable bonds is 5. The summed E-state index contributed by atoms with van der Waals surface area (Å²) in [5, 5.41) is 9.19. The van der Waals surface area contributed by atoms with Gasteiger partial charge in [-0.05, 0) is 31.5 Å². The highest BCUT2D eigenvalue weighted by Gasteiger charge is 2.22. The van der Waals surface area contributed by atoms with Crippen LogP contribution in [-0.4, -0.2) is 26.2 Å². The maximum Gasteiger partial charge on any atom is 0.277 e. The zero-order valence-electron chi connectivity index (χ0n) is 14.4. The summed E-state index contributed by atoms with van der Waals surface area (Å²) in [6, 6.07) is 15.6. The van der Waals surface area contributed by atoms with Crippen molar-refractivity contribution in [2.75, 3.05) is 0 Å². The summed E-state index contributed by atoms with van der Waals surface area (Å²) in [4.78, 5) is 16.0. The van der Waals surface area contributed by atoms with Gasteiger partial charge in [-0.25, -0.2) is 0 Å². The molecule has 1 N–H and O–H groups in total. The standard InChI is InChI=1S/C20H17N3O2S/c1-12-7-3-4-8-14(12)19-22-23-20(25-19)26-13(2)18(24)16-11-21-17-10-6-5-9-15(16)17/h3-11,13,21H,1-2H3/t13-/m0/s1. The molecule has 2 aromatic carbocycles. The molecule has 130 valence electrons. The van der Waals surface area contributed by atoms with E-state index in [1.54, 1.807) is 6.20 Å². The minimum absolute atomic E-state index is 0.0306. The second-order valence-electron chi connectivity index (χ2n) is 6.06. The van der Waals surface area contributed by atoms with E-state index in [4.69, 9.17) is 4.42 Å². The first-order valence-electron chi connectivity index (χ1n) is 8.30. The molecule has 6 heteroatoms. The first kappa shape index (κ1) is 16.6. The fraction of sp³-hybridized carbons (Fsp3) is 0.150. The second-order valence-corrected chi connectivity index (χ2v) is 7.35. The van der Waals surface area contributed by atoms with Crippen LogP contribution in [0.4, 0.5) is 0 Å². The molecule has 4 rings (SSSR count). The van der Waals surface area contributed by atoms with Gasteiger partial charge in [0.25, 0.3) is 5.22 Å². The summed E-state index contributed by atoms with van der Waals surface area (Å²) >= 11 is 1.28. The first-order valence-corrected chi connectivity index (χ1v) is 9.18. The number of H-pyrrole nitrogens is 1. The number of carbonyl (C=O) groups is 1. The van der Waals surface area contributed by atoms with E-state index in [0.717, 1.165) is 22.0 Å². The molecule has 0 aliphatic rings. The van der Waals surface area contributed by atoms with E-state index < -0.39 is 0 Å². The van der Waals surface area contributed by atoms with Crippen molar-refractivity contribution in [3.63, 3.8) is 0 Å². The van der Waals surface area contributed by atoms with Gasteiger partial charge in [0.2, 0.25) is 5.89 Å². The molecular formula is C20H17N3O2S. The minimum Gasteiger partial charge on any atom is -0.411 e. The van der Waals surface area contributed by atoms with Crippen LogP contribution < -0.4 is 0 Å². The summed E-state index contributed by atoms with van der Waals surface area (Å²) in [5.74, 6) is 0.500. The minimum atomic E-state index is -0.334. The molecule has 0 aliphatic carbocycles. The molecule has 0 bridgehead atoms. The number of hydrogen-bond acceptors (Lipinski definition) is 5. The van der Waals surface area contributed by atoms with Crippen LogP contribution in [0.1, 0.15) is 22.8 Å². The third-order valence-corrected chi connectivity index (χ3v) is 5.22. The van der Waals surface area contributed by atoms with Gasteiger partial charge in [0.1, 0.15) is 0 Å². The summed E-state index contributed by atoms with van der Waals surface area (Å²) in [6.07, 6.45) is 1.76. The number of aryl methyl sites for hydroxylation is 1. The summed E-state index contributed by atoms with van der Waals surface area (Å²) < 4.78 is 5.76. The van der Waals surface area contributed by atoms with Crippen molar-refractivity contribution in [2.24, 2.45) is 0 Å². The van der Waals surface area contributed by atoms with Crippen molar-refractivity contribution >= 4 is 28.4 Å². The number of carbonyl (C=O) groups excluding carboxylic acids is 1. The lowest BCUT2D eigenvalue weighted by atomic mass is 10.1. The normalized spacial score (nSPS) is 12.4. The number of fused-ring (bicyclic) bond motifs is 1. The smallest absolute Gasteiger partial charge is 0.277 e. The number of nitrogens with zero attached hydrogens (tertiary/aromatic N) is 2. The monoisotopic (exact) mass is 363 g/mol. The fourth-order valence-electron chi connectivity index (χ4n) is 2.88. The van der Waals surface area contributed by atoms with Crippen LogP contribution in [0.3, 0.4) is 0 Å². The number of ketones is 1. The maximum atomic E-state index is 12.8. The molecule has 1 atom stereocenters. The lowest BCUT2D eigenvalue weighted by Crippen LogP contribution is -2.13. The molecule has 0 radical (unpaired) electrons. The van der Waals surface area contributed by atoms with E-state index in [-0.39, 0.29) is 11.0 Å². The highest BCUT2D eigenvalue weighted by molar-refractivity contribution is 8.00. The molecule has 0 spiro atoms. The Hall–Kier alpha value is -2.86. The highest BCUT2D eigenvalue weighted by Crippen LogP contribution is 2.30. The molecule has 0 amide bonds. The van der Waals surface area contributed by atoms with Gasteiger partial charge in [0.05, 0.1) is 5.25 Å². The van der Waals surface area contributed by atoms with Gasteiger partial charge in [0, 0.05) is 28.2 Å². The number of aromatic amines is 1. The molecule has 2 heterocycles. The van der Waals surface area contributed by atoms with E-state index in [1.807, 2.05) is 62.4 Å². The number of para-hydroxylation sites is 1. The number of benzene rings is 2. The van der Waals surface area contributed by atoms with Crippen molar-refractivity contribution in [1.29, 1.82) is 0 Å². The van der Waals surface area contributed by atoms with E-state index in [9.17, 15) is 4.79 Å². The molecule has 0 fully saturated rings. The molecular weight excluding hydrogens is 346 g/mol. The third-order valence-electron chi connectivity index (χ3n) is 4.28. The van der Waals surface area contributed by atoms with E-state index in [2.05, 4.69) is 15.2 Å². The zero-order valence-corrected chi connectivity index (χ0v) is 15.2. The molecule has 0 aliphatic heterocycles. The predicted octanol–water partition coefficient (Wildman–Crippen LogP) is 4.89. The summed E-state index contributed by atoms with van der Waals surface area (Å²) in [5.41, 5.74) is 3.60. The van der Waals surface area contributed by atoms with Crippen LogP contribution in [0.5, 0.6) is 0 Å². The quantitative estimate of drug-likeness (QED) is 0.404. The van der Waals surface area contributed by atoms with E-state index in [0.29, 0.717) is 16.7 Å². The lowest BCUT2D eigenvalue weighted by molar-refractivity contribution is 0.0995. The molecule has 4 aromatic rings. The van der Waals surface area contributed by atoms with Gasteiger partial charge in [-0.15, -0.1) is 10.2 Å². The number of thioether (sulfide) groups is 1. The van der Waals surface area contributed by atoms with Crippen LogP contribution >= 0.6 is 11.8 Å². The third kappa shape index (κ3) is 3.04. The number of hydrogen-bond donors (Lipinski definition) is 1. The summed E-state index contributed by atoms with van der Waals surface area (Å²) in [7, 11) is 0. The zero-order chi connectivity index (χ0) is 18.1. The molecule has 5 nitrogen and oxygen atoms in total. The average molecular weight is 363 g/mol. The van der Waals surface area contributed by atoms with Crippen LogP contribution in [0.15, 0.2) is 64.4 Å². The van der Waals surface area contributed by atoms with Crippen LogP contribution in [0.25, 0.3) is 22.4 Å². The Bertz CT molecular complexity index is 1080. The molecule has 0 unspecified atom stereocenters. The van der Waals surface area contributed by atoms with Crippen LogP contribution in [0.2, 0.25) is 0 Å².